The summed E-state index contributed by atoms with van der Waals surface area (Å²) < 4.78 is 0. The smallest absolute Gasteiger partial charge is 0.251 e. The van der Waals surface area contributed by atoms with Crippen LogP contribution >= 0.6 is 0 Å². The average Bonchev–Trinajstić information content (AvgIpc) is 2.26. The quantitative estimate of drug-likeness (QED) is 0.691. The van der Waals surface area contributed by atoms with Gasteiger partial charge in [0.1, 0.15) is 0 Å². The number of carbonyl (C=O) groups excluding carboxylic acids is 1. The molecule has 0 fully saturated rings. The second-order valence-electron chi connectivity index (χ2n) is 3.98. The Kier molecular flexibility index (Phi) is 4.46. The first-order valence-electron chi connectivity index (χ1n) is 5.29. The number of aliphatic hydroxyl groups excluding tert-OH is 1. The predicted molar refractivity (Wildman–Crippen MR) is 63.2 cm³/mol. The van der Waals surface area contributed by atoms with Gasteiger partial charge in [0.25, 0.3) is 5.91 Å². The van der Waals surface area contributed by atoms with Gasteiger partial charge in [-0.05, 0) is 26.0 Å². The molecule has 0 aliphatic heterocycles. The molecule has 0 bridgehead atoms. The highest BCUT2D eigenvalue weighted by atomic mass is 16.3. The van der Waals surface area contributed by atoms with Crippen molar-refractivity contribution in [1.82, 2.24) is 5.32 Å². The minimum atomic E-state index is -0.627. The van der Waals surface area contributed by atoms with E-state index < -0.39 is 12.1 Å². The molecule has 0 saturated carbocycles. The number of aryl methyl sites for hydroxylation is 1. The summed E-state index contributed by atoms with van der Waals surface area (Å²) in [6.07, 6.45) is -0.627. The fourth-order valence-corrected chi connectivity index (χ4v) is 1.19. The minimum absolute atomic E-state index is 0.170. The standard InChI is InChI=1S/C12H18N2O2/c1-8-3-5-10(6-4-8)12(16)14-7-11(13)9(2)15/h3-6,9,11,15H,7,13H2,1-2H3,(H,14,16). The summed E-state index contributed by atoms with van der Waals surface area (Å²) >= 11 is 0. The zero-order valence-electron chi connectivity index (χ0n) is 9.60. The van der Waals surface area contributed by atoms with Crippen molar-refractivity contribution < 1.29 is 9.90 Å². The van der Waals surface area contributed by atoms with Crippen LogP contribution in [0.25, 0.3) is 0 Å². The van der Waals surface area contributed by atoms with E-state index >= 15 is 0 Å². The molecule has 0 aliphatic rings. The van der Waals surface area contributed by atoms with Crippen molar-refractivity contribution in [2.45, 2.75) is 26.0 Å². The fourth-order valence-electron chi connectivity index (χ4n) is 1.19. The molecule has 16 heavy (non-hydrogen) atoms. The molecule has 4 heteroatoms. The molecule has 0 aromatic heterocycles. The Morgan fingerprint density at radius 1 is 1.44 bits per heavy atom. The van der Waals surface area contributed by atoms with Crippen LogP contribution in [-0.4, -0.2) is 29.7 Å². The molecule has 0 heterocycles. The molecule has 1 amide bonds. The van der Waals surface area contributed by atoms with E-state index in [0.717, 1.165) is 5.56 Å². The molecule has 0 radical (unpaired) electrons. The van der Waals surface area contributed by atoms with Crippen LogP contribution in [0.1, 0.15) is 22.8 Å². The van der Waals surface area contributed by atoms with Gasteiger partial charge in [-0.15, -0.1) is 0 Å². The van der Waals surface area contributed by atoms with Gasteiger partial charge < -0.3 is 16.2 Å². The lowest BCUT2D eigenvalue weighted by atomic mass is 10.1. The third-order valence-corrected chi connectivity index (χ3v) is 2.43. The molecule has 1 rings (SSSR count). The Morgan fingerprint density at radius 3 is 2.50 bits per heavy atom. The summed E-state index contributed by atoms with van der Waals surface area (Å²) in [5.41, 5.74) is 7.31. The van der Waals surface area contributed by atoms with Crippen LogP contribution in [0, 0.1) is 6.92 Å². The van der Waals surface area contributed by atoms with Crippen LogP contribution in [0.3, 0.4) is 0 Å². The van der Waals surface area contributed by atoms with E-state index in [4.69, 9.17) is 10.8 Å². The molecule has 0 spiro atoms. The van der Waals surface area contributed by atoms with Crippen LogP contribution in [0.2, 0.25) is 0 Å². The number of nitrogens with two attached hydrogens (primary N) is 1. The fraction of sp³-hybridized carbons (Fsp3) is 0.417. The van der Waals surface area contributed by atoms with Gasteiger partial charge in [-0.3, -0.25) is 4.79 Å². The van der Waals surface area contributed by atoms with Crippen LogP contribution < -0.4 is 11.1 Å². The Hall–Kier alpha value is -1.39. The molecule has 1 aromatic carbocycles. The first kappa shape index (κ1) is 12.7. The Labute approximate surface area is 95.5 Å². The third-order valence-electron chi connectivity index (χ3n) is 2.43. The summed E-state index contributed by atoms with van der Waals surface area (Å²) in [6.45, 7) is 3.83. The van der Waals surface area contributed by atoms with Crippen LogP contribution in [0.4, 0.5) is 0 Å². The van der Waals surface area contributed by atoms with Crippen molar-refractivity contribution in [3.8, 4) is 0 Å². The second kappa shape index (κ2) is 5.63. The second-order valence-corrected chi connectivity index (χ2v) is 3.98. The molecule has 4 nitrogen and oxygen atoms in total. The molecular weight excluding hydrogens is 204 g/mol. The van der Waals surface area contributed by atoms with E-state index in [0.29, 0.717) is 5.56 Å². The lowest BCUT2D eigenvalue weighted by Crippen LogP contribution is -2.43. The Morgan fingerprint density at radius 2 is 2.00 bits per heavy atom. The van der Waals surface area contributed by atoms with Gasteiger partial charge in [0.2, 0.25) is 0 Å². The molecule has 2 atom stereocenters. The van der Waals surface area contributed by atoms with Gasteiger partial charge >= 0.3 is 0 Å². The number of benzene rings is 1. The minimum Gasteiger partial charge on any atom is -0.392 e. The van der Waals surface area contributed by atoms with E-state index in [9.17, 15) is 4.79 Å². The van der Waals surface area contributed by atoms with Crippen LogP contribution in [-0.2, 0) is 0 Å². The summed E-state index contributed by atoms with van der Waals surface area (Å²) in [7, 11) is 0. The zero-order valence-corrected chi connectivity index (χ0v) is 9.60. The maximum atomic E-state index is 11.6. The molecule has 0 saturated heterocycles. The van der Waals surface area contributed by atoms with Gasteiger partial charge in [0.05, 0.1) is 6.10 Å². The highest BCUT2D eigenvalue weighted by molar-refractivity contribution is 5.94. The molecular formula is C12H18N2O2. The number of nitrogens with one attached hydrogen (secondary N) is 1. The third kappa shape index (κ3) is 3.64. The van der Waals surface area contributed by atoms with Crippen molar-refractivity contribution in [3.63, 3.8) is 0 Å². The van der Waals surface area contributed by atoms with Crippen LogP contribution in [0.5, 0.6) is 0 Å². The highest BCUT2D eigenvalue weighted by Gasteiger charge is 2.11. The van der Waals surface area contributed by atoms with Crippen molar-refractivity contribution >= 4 is 5.91 Å². The van der Waals surface area contributed by atoms with Gasteiger partial charge in [0.15, 0.2) is 0 Å². The number of rotatable bonds is 4. The summed E-state index contributed by atoms with van der Waals surface area (Å²) in [6, 6.07) is 6.85. The molecule has 2 unspecified atom stereocenters. The number of hydrogen-bond acceptors (Lipinski definition) is 3. The Bertz CT molecular complexity index is 347. The van der Waals surface area contributed by atoms with Gasteiger partial charge in [-0.2, -0.15) is 0 Å². The van der Waals surface area contributed by atoms with E-state index in [2.05, 4.69) is 5.32 Å². The zero-order chi connectivity index (χ0) is 12.1. The first-order valence-corrected chi connectivity index (χ1v) is 5.29. The topological polar surface area (TPSA) is 75.4 Å². The van der Waals surface area contributed by atoms with Gasteiger partial charge in [0, 0.05) is 18.2 Å². The summed E-state index contributed by atoms with van der Waals surface area (Å²) in [5.74, 6) is -0.170. The van der Waals surface area contributed by atoms with Crippen molar-refractivity contribution in [3.05, 3.63) is 35.4 Å². The predicted octanol–water partition coefficient (Wildman–Crippen LogP) is 0.433. The summed E-state index contributed by atoms with van der Waals surface area (Å²) in [5, 5.41) is 11.8. The van der Waals surface area contributed by atoms with Crippen LogP contribution in [0.15, 0.2) is 24.3 Å². The molecule has 4 N–H and O–H groups in total. The molecule has 0 aliphatic carbocycles. The number of carbonyl (C=O) groups is 1. The van der Waals surface area contributed by atoms with E-state index in [-0.39, 0.29) is 12.5 Å². The van der Waals surface area contributed by atoms with E-state index in [1.165, 1.54) is 0 Å². The van der Waals surface area contributed by atoms with Gasteiger partial charge in [-0.25, -0.2) is 0 Å². The van der Waals surface area contributed by atoms with Crippen molar-refractivity contribution in [2.24, 2.45) is 5.73 Å². The highest BCUT2D eigenvalue weighted by Crippen LogP contribution is 2.02. The number of hydrogen-bond donors (Lipinski definition) is 3. The molecule has 1 aromatic rings. The lowest BCUT2D eigenvalue weighted by molar-refractivity contribution is 0.0937. The molecule has 88 valence electrons. The lowest BCUT2D eigenvalue weighted by Gasteiger charge is -2.15. The van der Waals surface area contributed by atoms with E-state index in [1.54, 1.807) is 19.1 Å². The maximum Gasteiger partial charge on any atom is 0.251 e. The van der Waals surface area contributed by atoms with Crippen molar-refractivity contribution in [1.29, 1.82) is 0 Å². The Balaban J connectivity index is 2.50. The van der Waals surface area contributed by atoms with Gasteiger partial charge in [-0.1, -0.05) is 17.7 Å². The first-order chi connectivity index (χ1) is 7.50. The normalized spacial score (nSPS) is 14.2. The van der Waals surface area contributed by atoms with Crippen molar-refractivity contribution in [2.75, 3.05) is 6.54 Å². The largest absolute Gasteiger partial charge is 0.392 e. The maximum absolute atomic E-state index is 11.6. The van der Waals surface area contributed by atoms with E-state index in [1.807, 2.05) is 19.1 Å². The SMILES string of the molecule is Cc1ccc(C(=O)NCC(N)C(C)O)cc1. The number of aliphatic hydroxyl groups is 1. The number of amides is 1. The average molecular weight is 222 g/mol. The monoisotopic (exact) mass is 222 g/mol. The summed E-state index contributed by atoms with van der Waals surface area (Å²) in [4.78, 5) is 11.6.